The summed E-state index contributed by atoms with van der Waals surface area (Å²) in [5.41, 5.74) is -1.19. The molecule has 0 aromatic carbocycles. The second kappa shape index (κ2) is 6.21. The molecule has 0 amide bonds. The van der Waals surface area contributed by atoms with Gasteiger partial charge in [-0.05, 0) is 48.0 Å². The molecule has 0 aromatic rings. The van der Waals surface area contributed by atoms with Gasteiger partial charge < -0.3 is 9.47 Å². The van der Waals surface area contributed by atoms with E-state index in [9.17, 15) is 9.59 Å². The summed E-state index contributed by atoms with van der Waals surface area (Å²) in [5, 5.41) is 0. The second-order valence-electron chi connectivity index (χ2n) is 6.53. The first kappa shape index (κ1) is 16.9. The van der Waals surface area contributed by atoms with Crippen molar-refractivity contribution in [2.45, 2.75) is 67.6 Å². The van der Waals surface area contributed by atoms with Crippen molar-refractivity contribution in [3.8, 4) is 0 Å². The number of carbonyl (C=O) groups is 2. The van der Waals surface area contributed by atoms with Crippen molar-refractivity contribution in [3.63, 3.8) is 0 Å². The van der Waals surface area contributed by atoms with Crippen molar-refractivity contribution in [2.75, 3.05) is 0 Å². The lowest BCUT2D eigenvalue weighted by Crippen LogP contribution is -2.34. The Labute approximate surface area is 110 Å². The summed E-state index contributed by atoms with van der Waals surface area (Å²) in [6.07, 6.45) is 0.511. The lowest BCUT2D eigenvalue weighted by molar-refractivity contribution is -0.200. The maximum Gasteiger partial charge on any atom is 0.314 e. The Morgan fingerprint density at radius 1 is 0.889 bits per heavy atom. The van der Waals surface area contributed by atoms with Crippen molar-refractivity contribution >= 4 is 11.9 Å². The van der Waals surface area contributed by atoms with E-state index in [2.05, 4.69) is 0 Å². The van der Waals surface area contributed by atoms with Crippen LogP contribution >= 0.6 is 0 Å². The Morgan fingerprint density at radius 3 is 1.44 bits per heavy atom. The van der Waals surface area contributed by atoms with Gasteiger partial charge in [0.05, 0.1) is 10.8 Å². The van der Waals surface area contributed by atoms with Gasteiger partial charge in [0.1, 0.15) is 0 Å². The molecule has 4 nitrogen and oxygen atoms in total. The summed E-state index contributed by atoms with van der Waals surface area (Å²) in [6, 6.07) is 0. The van der Waals surface area contributed by atoms with Crippen LogP contribution in [-0.2, 0) is 19.1 Å². The molecule has 0 rings (SSSR count). The summed E-state index contributed by atoms with van der Waals surface area (Å²) in [4.78, 5) is 23.5. The molecular formula is C14H26O4. The minimum atomic E-state index is -0.784. The van der Waals surface area contributed by atoms with Gasteiger partial charge in [-0.25, -0.2) is 0 Å². The van der Waals surface area contributed by atoms with Gasteiger partial charge in [0.25, 0.3) is 0 Å². The second-order valence-corrected chi connectivity index (χ2v) is 6.53. The topological polar surface area (TPSA) is 52.6 Å². The van der Waals surface area contributed by atoms with E-state index in [1.807, 2.05) is 6.92 Å². The number of rotatable bonds is 4. The summed E-state index contributed by atoms with van der Waals surface area (Å²) >= 11 is 0. The summed E-state index contributed by atoms with van der Waals surface area (Å²) in [7, 11) is 0. The van der Waals surface area contributed by atoms with Crippen LogP contribution in [0.1, 0.15) is 61.3 Å². The smallest absolute Gasteiger partial charge is 0.314 e. The molecule has 0 saturated carbocycles. The summed E-state index contributed by atoms with van der Waals surface area (Å²) in [6.45, 7) is 12.6. The van der Waals surface area contributed by atoms with Crippen LogP contribution in [0.25, 0.3) is 0 Å². The average molecular weight is 258 g/mol. The third-order valence-electron chi connectivity index (χ3n) is 2.23. The van der Waals surface area contributed by atoms with Crippen LogP contribution in [0.2, 0.25) is 0 Å². The Balaban J connectivity index is 4.59. The van der Waals surface area contributed by atoms with E-state index in [0.717, 1.165) is 6.42 Å². The SMILES string of the molecule is CCCC(OC(=O)C(C)(C)C)OC(=O)C(C)(C)C. The Bertz CT molecular complexity index is 266. The van der Waals surface area contributed by atoms with Crippen LogP contribution in [0.15, 0.2) is 0 Å². The fraction of sp³-hybridized carbons (Fsp3) is 0.857. The molecule has 0 unspecified atom stereocenters. The molecule has 106 valence electrons. The maximum absolute atomic E-state index is 11.8. The molecule has 0 bridgehead atoms. The number of hydrogen-bond donors (Lipinski definition) is 0. The van der Waals surface area contributed by atoms with Crippen LogP contribution in [0.4, 0.5) is 0 Å². The predicted octanol–water partition coefficient (Wildman–Crippen LogP) is 3.29. The van der Waals surface area contributed by atoms with Crippen LogP contribution in [0.3, 0.4) is 0 Å². The van der Waals surface area contributed by atoms with E-state index >= 15 is 0 Å². The van der Waals surface area contributed by atoms with Gasteiger partial charge in [-0.2, -0.15) is 0 Å². The van der Waals surface area contributed by atoms with E-state index in [1.54, 1.807) is 41.5 Å². The predicted molar refractivity (Wildman–Crippen MR) is 69.8 cm³/mol. The number of carbonyl (C=O) groups excluding carboxylic acids is 2. The van der Waals surface area contributed by atoms with Crippen molar-refractivity contribution in [2.24, 2.45) is 10.8 Å². The zero-order valence-electron chi connectivity index (χ0n) is 12.6. The molecule has 0 radical (unpaired) electrons. The first-order chi connectivity index (χ1) is 7.98. The quantitative estimate of drug-likeness (QED) is 0.573. The number of hydrogen-bond acceptors (Lipinski definition) is 4. The van der Waals surface area contributed by atoms with Gasteiger partial charge in [-0.3, -0.25) is 9.59 Å². The molecule has 0 heterocycles. The van der Waals surface area contributed by atoms with Crippen molar-refractivity contribution < 1.29 is 19.1 Å². The summed E-state index contributed by atoms with van der Waals surface area (Å²) in [5.74, 6) is -0.717. The maximum atomic E-state index is 11.8. The average Bonchev–Trinajstić information content (AvgIpc) is 2.14. The van der Waals surface area contributed by atoms with E-state index in [0.29, 0.717) is 6.42 Å². The molecule has 0 N–H and O–H groups in total. The van der Waals surface area contributed by atoms with E-state index in [4.69, 9.17) is 9.47 Å². The lowest BCUT2D eigenvalue weighted by Gasteiger charge is -2.25. The Kier molecular flexibility index (Phi) is 5.84. The minimum absolute atomic E-state index is 0.359. The monoisotopic (exact) mass is 258 g/mol. The number of ether oxygens (including phenoxy) is 2. The molecule has 0 aliphatic heterocycles. The third kappa shape index (κ3) is 6.03. The third-order valence-corrected chi connectivity index (χ3v) is 2.23. The van der Waals surface area contributed by atoms with E-state index in [1.165, 1.54) is 0 Å². The first-order valence-corrected chi connectivity index (χ1v) is 6.40. The number of esters is 2. The van der Waals surface area contributed by atoms with E-state index < -0.39 is 17.1 Å². The molecular weight excluding hydrogens is 232 g/mol. The fourth-order valence-corrected chi connectivity index (χ4v) is 0.970. The van der Waals surface area contributed by atoms with Crippen LogP contribution in [0.5, 0.6) is 0 Å². The van der Waals surface area contributed by atoms with Gasteiger partial charge >= 0.3 is 11.9 Å². The zero-order chi connectivity index (χ0) is 14.6. The first-order valence-electron chi connectivity index (χ1n) is 6.40. The Hall–Kier alpha value is -1.06. The molecule has 4 heteroatoms. The van der Waals surface area contributed by atoms with Crippen molar-refractivity contribution in [1.82, 2.24) is 0 Å². The molecule has 0 saturated heterocycles. The minimum Gasteiger partial charge on any atom is -0.425 e. The molecule has 0 aliphatic rings. The molecule has 0 aliphatic carbocycles. The highest BCUT2D eigenvalue weighted by atomic mass is 16.7. The lowest BCUT2D eigenvalue weighted by atomic mass is 9.97. The van der Waals surface area contributed by atoms with Crippen molar-refractivity contribution in [1.29, 1.82) is 0 Å². The molecule has 0 fully saturated rings. The van der Waals surface area contributed by atoms with Crippen LogP contribution in [0, 0.1) is 10.8 Å². The molecule has 18 heavy (non-hydrogen) atoms. The van der Waals surface area contributed by atoms with Gasteiger partial charge in [0.2, 0.25) is 6.29 Å². The molecule has 0 atom stereocenters. The van der Waals surface area contributed by atoms with Gasteiger partial charge in [-0.15, -0.1) is 0 Å². The summed E-state index contributed by atoms with van der Waals surface area (Å²) < 4.78 is 10.5. The molecule has 0 spiro atoms. The van der Waals surface area contributed by atoms with Gasteiger partial charge in [0, 0.05) is 6.42 Å². The Morgan fingerprint density at radius 2 is 1.22 bits per heavy atom. The fourth-order valence-electron chi connectivity index (χ4n) is 0.970. The molecule has 0 aromatic heterocycles. The van der Waals surface area contributed by atoms with E-state index in [-0.39, 0.29) is 11.9 Å². The van der Waals surface area contributed by atoms with Gasteiger partial charge in [0.15, 0.2) is 0 Å². The largest absolute Gasteiger partial charge is 0.425 e. The normalized spacial score (nSPS) is 12.4. The zero-order valence-corrected chi connectivity index (χ0v) is 12.6. The highest BCUT2D eigenvalue weighted by Gasteiger charge is 2.30. The highest BCUT2D eigenvalue weighted by Crippen LogP contribution is 2.21. The highest BCUT2D eigenvalue weighted by molar-refractivity contribution is 5.77. The van der Waals surface area contributed by atoms with Crippen molar-refractivity contribution in [3.05, 3.63) is 0 Å². The van der Waals surface area contributed by atoms with Gasteiger partial charge in [-0.1, -0.05) is 6.92 Å². The van der Waals surface area contributed by atoms with Crippen LogP contribution < -0.4 is 0 Å². The standard InChI is InChI=1S/C14H26O4/c1-8-9-10(17-11(15)13(2,3)4)18-12(16)14(5,6)7/h10H,8-9H2,1-7H3. The van der Waals surface area contributed by atoms with Crippen LogP contribution in [-0.4, -0.2) is 18.2 Å².